The zero-order chi connectivity index (χ0) is 16.2. The highest BCUT2D eigenvalue weighted by Crippen LogP contribution is 2.19. The number of hydrogen-bond acceptors (Lipinski definition) is 4. The van der Waals surface area contributed by atoms with E-state index in [9.17, 15) is 13.6 Å². The van der Waals surface area contributed by atoms with Crippen LogP contribution in [0.25, 0.3) is 0 Å². The summed E-state index contributed by atoms with van der Waals surface area (Å²) in [6.45, 7) is 1.77. The third-order valence-corrected chi connectivity index (χ3v) is 3.74. The zero-order valence-electron chi connectivity index (χ0n) is 12.4. The van der Waals surface area contributed by atoms with Gasteiger partial charge in [-0.1, -0.05) is 0 Å². The van der Waals surface area contributed by atoms with Crippen LogP contribution in [0, 0.1) is 11.6 Å². The smallest absolute Gasteiger partial charge is 0.274 e. The summed E-state index contributed by atoms with van der Waals surface area (Å²) in [6.07, 6.45) is 4.66. The molecule has 1 N–H and O–H groups in total. The van der Waals surface area contributed by atoms with Crippen molar-refractivity contribution in [1.29, 1.82) is 0 Å². The van der Waals surface area contributed by atoms with E-state index in [0.717, 1.165) is 44.1 Å². The Morgan fingerprint density at radius 3 is 2.65 bits per heavy atom. The average Bonchev–Trinajstić information content (AvgIpc) is 2.59. The number of hydrogen-bond donors (Lipinski definition) is 1. The van der Waals surface area contributed by atoms with Crippen molar-refractivity contribution in [3.8, 4) is 0 Å². The molecule has 3 rings (SSSR count). The first-order valence-corrected chi connectivity index (χ1v) is 7.47. The fourth-order valence-electron chi connectivity index (χ4n) is 2.55. The zero-order valence-corrected chi connectivity index (χ0v) is 12.4. The number of rotatable bonds is 3. The Kier molecular flexibility index (Phi) is 4.45. The van der Waals surface area contributed by atoms with Crippen LogP contribution in [0.15, 0.2) is 30.6 Å². The Morgan fingerprint density at radius 1 is 1.09 bits per heavy atom. The Balaban J connectivity index is 1.78. The van der Waals surface area contributed by atoms with Crippen molar-refractivity contribution < 1.29 is 13.6 Å². The second-order valence-corrected chi connectivity index (χ2v) is 5.39. The van der Waals surface area contributed by atoms with Gasteiger partial charge in [-0.2, -0.15) is 0 Å². The molecule has 0 spiro atoms. The van der Waals surface area contributed by atoms with E-state index in [-0.39, 0.29) is 11.4 Å². The van der Waals surface area contributed by atoms with Gasteiger partial charge in [-0.25, -0.2) is 18.7 Å². The molecule has 1 aromatic heterocycles. The maximum atomic E-state index is 13.6. The highest BCUT2D eigenvalue weighted by atomic mass is 19.1. The monoisotopic (exact) mass is 318 g/mol. The highest BCUT2D eigenvalue weighted by molar-refractivity contribution is 6.03. The number of nitrogens with one attached hydrogen (secondary N) is 1. The van der Waals surface area contributed by atoms with E-state index < -0.39 is 17.5 Å². The molecule has 120 valence electrons. The second-order valence-electron chi connectivity index (χ2n) is 5.39. The molecule has 0 radical (unpaired) electrons. The number of halogens is 2. The Bertz CT molecular complexity index is 717. The van der Waals surface area contributed by atoms with Crippen LogP contribution in [0.3, 0.4) is 0 Å². The fourth-order valence-corrected chi connectivity index (χ4v) is 2.55. The normalized spacial score (nSPS) is 14.6. The minimum atomic E-state index is -0.704. The molecule has 1 aromatic carbocycles. The van der Waals surface area contributed by atoms with Gasteiger partial charge < -0.3 is 10.2 Å². The molecule has 1 amide bonds. The number of benzene rings is 1. The molecule has 2 heterocycles. The van der Waals surface area contributed by atoms with E-state index in [1.165, 1.54) is 12.7 Å². The Labute approximate surface area is 132 Å². The quantitative estimate of drug-likeness (QED) is 0.945. The predicted molar refractivity (Wildman–Crippen MR) is 82.4 cm³/mol. The van der Waals surface area contributed by atoms with E-state index in [2.05, 4.69) is 20.2 Å². The van der Waals surface area contributed by atoms with E-state index in [4.69, 9.17) is 0 Å². The molecule has 1 aliphatic heterocycles. The van der Waals surface area contributed by atoms with Gasteiger partial charge in [0.1, 0.15) is 29.5 Å². The van der Waals surface area contributed by atoms with Crippen LogP contribution in [0.1, 0.15) is 29.8 Å². The maximum Gasteiger partial charge on any atom is 0.274 e. The summed E-state index contributed by atoms with van der Waals surface area (Å²) in [5, 5.41) is 2.33. The summed E-state index contributed by atoms with van der Waals surface area (Å²) in [4.78, 5) is 22.4. The van der Waals surface area contributed by atoms with Crippen molar-refractivity contribution in [3.63, 3.8) is 0 Å². The van der Waals surface area contributed by atoms with Crippen LogP contribution in [-0.4, -0.2) is 29.0 Å². The molecule has 0 bridgehead atoms. The van der Waals surface area contributed by atoms with Gasteiger partial charge in [0.05, 0.1) is 5.69 Å². The SMILES string of the molecule is O=C(Nc1cc(F)ccc1F)c1cc(N2CCCCC2)ncn1. The van der Waals surface area contributed by atoms with Crippen LogP contribution in [0.4, 0.5) is 20.3 Å². The first-order valence-electron chi connectivity index (χ1n) is 7.47. The Morgan fingerprint density at radius 2 is 1.87 bits per heavy atom. The van der Waals surface area contributed by atoms with Crippen molar-refractivity contribution in [2.45, 2.75) is 19.3 Å². The summed E-state index contributed by atoms with van der Waals surface area (Å²) >= 11 is 0. The summed E-state index contributed by atoms with van der Waals surface area (Å²) < 4.78 is 26.8. The van der Waals surface area contributed by atoms with Crippen molar-refractivity contribution in [3.05, 3.63) is 47.9 Å². The summed E-state index contributed by atoms with van der Waals surface area (Å²) in [5.74, 6) is -1.26. The predicted octanol–water partition coefficient (Wildman–Crippen LogP) is 3.00. The largest absolute Gasteiger partial charge is 0.357 e. The van der Waals surface area contributed by atoms with Gasteiger partial charge in [0.25, 0.3) is 5.91 Å². The van der Waals surface area contributed by atoms with Crippen LogP contribution in [0.5, 0.6) is 0 Å². The average molecular weight is 318 g/mol. The first kappa shape index (κ1) is 15.3. The number of carbonyl (C=O) groups is 1. The van der Waals surface area contributed by atoms with E-state index >= 15 is 0 Å². The van der Waals surface area contributed by atoms with Crippen LogP contribution >= 0.6 is 0 Å². The first-order chi connectivity index (χ1) is 11.1. The lowest BCUT2D eigenvalue weighted by molar-refractivity contribution is 0.102. The van der Waals surface area contributed by atoms with Gasteiger partial charge in [0.2, 0.25) is 0 Å². The van der Waals surface area contributed by atoms with Crippen molar-refractivity contribution in [2.75, 3.05) is 23.3 Å². The molecule has 2 aromatic rings. The molecule has 0 aliphatic carbocycles. The van der Waals surface area contributed by atoms with Gasteiger partial charge in [-0.3, -0.25) is 4.79 Å². The number of carbonyl (C=O) groups excluding carboxylic acids is 1. The number of aromatic nitrogens is 2. The van der Waals surface area contributed by atoms with Crippen LogP contribution in [-0.2, 0) is 0 Å². The van der Waals surface area contributed by atoms with Crippen molar-refractivity contribution in [1.82, 2.24) is 9.97 Å². The lowest BCUT2D eigenvalue weighted by Gasteiger charge is -2.27. The van der Waals surface area contributed by atoms with Gasteiger partial charge in [0.15, 0.2) is 0 Å². The van der Waals surface area contributed by atoms with Gasteiger partial charge in [-0.15, -0.1) is 0 Å². The molecular weight excluding hydrogens is 302 g/mol. The fraction of sp³-hybridized carbons (Fsp3) is 0.312. The number of piperidine rings is 1. The lowest BCUT2D eigenvalue weighted by Crippen LogP contribution is -2.30. The Hall–Kier alpha value is -2.57. The third kappa shape index (κ3) is 3.61. The van der Waals surface area contributed by atoms with E-state index in [1.54, 1.807) is 6.07 Å². The molecule has 1 aliphatic rings. The number of nitrogens with zero attached hydrogens (tertiary/aromatic N) is 3. The molecule has 0 saturated carbocycles. The molecule has 5 nitrogen and oxygen atoms in total. The minimum absolute atomic E-state index is 0.115. The van der Waals surface area contributed by atoms with Gasteiger partial charge in [-0.05, 0) is 31.4 Å². The van der Waals surface area contributed by atoms with E-state index in [1.807, 2.05) is 0 Å². The van der Waals surface area contributed by atoms with Crippen molar-refractivity contribution in [2.24, 2.45) is 0 Å². The molecule has 1 saturated heterocycles. The third-order valence-electron chi connectivity index (χ3n) is 3.74. The molecule has 23 heavy (non-hydrogen) atoms. The molecule has 0 unspecified atom stereocenters. The van der Waals surface area contributed by atoms with E-state index in [0.29, 0.717) is 5.82 Å². The van der Waals surface area contributed by atoms with Crippen LogP contribution in [0.2, 0.25) is 0 Å². The molecule has 1 fully saturated rings. The minimum Gasteiger partial charge on any atom is -0.357 e. The lowest BCUT2D eigenvalue weighted by atomic mass is 10.1. The molecular formula is C16H16F2N4O. The van der Waals surface area contributed by atoms with Gasteiger partial charge >= 0.3 is 0 Å². The summed E-state index contributed by atoms with van der Waals surface area (Å²) in [7, 11) is 0. The summed E-state index contributed by atoms with van der Waals surface area (Å²) in [6, 6.07) is 4.45. The number of amides is 1. The topological polar surface area (TPSA) is 58.1 Å². The number of anilines is 2. The summed E-state index contributed by atoms with van der Waals surface area (Å²) in [5.41, 5.74) is -0.0997. The molecule has 7 heteroatoms. The second kappa shape index (κ2) is 6.68. The van der Waals surface area contributed by atoms with Gasteiger partial charge in [0, 0.05) is 25.2 Å². The highest BCUT2D eigenvalue weighted by Gasteiger charge is 2.16. The van der Waals surface area contributed by atoms with Crippen LogP contribution < -0.4 is 10.2 Å². The van der Waals surface area contributed by atoms with Crippen molar-refractivity contribution >= 4 is 17.4 Å². The molecule has 0 atom stereocenters. The standard InChI is InChI=1S/C16H16F2N4O/c17-11-4-5-12(18)13(8-11)21-16(23)14-9-15(20-10-19-14)22-6-2-1-3-7-22/h4-5,8-10H,1-3,6-7H2,(H,21,23). The maximum absolute atomic E-state index is 13.6.